The van der Waals surface area contributed by atoms with Crippen LogP contribution in [-0.4, -0.2) is 17.9 Å². The highest BCUT2D eigenvalue weighted by Gasteiger charge is 2.12. The summed E-state index contributed by atoms with van der Waals surface area (Å²) in [5.41, 5.74) is 3.46. The molecule has 0 fully saturated rings. The number of nitrogens with zero attached hydrogens (tertiary/aromatic N) is 2. The van der Waals surface area contributed by atoms with Gasteiger partial charge in [-0.25, -0.2) is 0 Å². The Labute approximate surface area is 119 Å². The number of rotatable bonds is 3. The molecule has 0 spiro atoms. The van der Waals surface area contributed by atoms with E-state index in [-0.39, 0.29) is 5.91 Å². The molecule has 0 saturated carbocycles. The van der Waals surface area contributed by atoms with Crippen LogP contribution in [-0.2, 0) is 6.54 Å². The zero-order chi connectivity index (χ0) is 14.5. The predicted molar refractivity (Wildman–Crippen MR) is 78.1 cm³/mol. The van der Waals surface area contributed by atoms with Gasteiger partial charge in [-0.05, 0) is 42.3 Å². The highest BCUT2D eigenvalue weighted by atomic mass is 16.2. The number of aryl methyl sites for hydroxylation is 1. The highest BCUT2D eigenvalue weighted by Crippen LogP contribution is 2.12. The molecule has 2 aromatic carbocycles. The molecular weight excluding hydrogens is 248 g/mol. The summed E-state index contributed by atoms with van der Waals surface area (Å²) in [6.07, 6.45) is 0. The van der Waals surface area contributed by atoms with Crippen molar-refractivity contribution in [3.63, 3.8) is 0 Å². The maximum atomic E-state index is 12.3. The lowest BCUT2D eigenvalue weighted by Crippen LogP contribution is -2.26. The van der Waals surface area contributed by atoms with Crippen LogP contribution in [0, 0.1) is 18.3 Å². The maximum Gasteiger partial charge on any atom is 0.253 e. The van der Waals surface area contributed by atoms with Gasteiger partial charge < -0.3 is 4.90 Å². The van der Waals surface area contributed by atoms with E-state index in [0.717, 1.165) is 5.56 Å². The van der Waals surface area contributed by atoms with Crippen LogP contribution in [0.4, 0.5) is 0 Å². The van der Waals surface area contributed by atoms with Gasteiger partial charge in [-0.3, -0.25) is 4.79 Å². The third-order valence-electron chi connectivity index (χ3n) is 3.28. The molecule has 2 aromatic rings. The third kappa shape index (κ3) is 3.04. The molecule has 20 heavy (non-hydrogen) atoms. The van der Waals surface area contributed by atoms with Crippen molar-refractivity contribution in [1.82, 2.24) is 4.90 Å². The fraction of sp³-hybridized carbons (Fsp3) is 0.176. The molecule has 3 heteroatoms. The molecule has 0 bridgehead atoms. The van der Waals surface area contributed by atoms with E-state index in [1.54, 1.807) is 36.2 Å². The predicted octanol–water partition coefficient (Wildman–Crippen LogP) is 3.14. The highest BCUT2D eigenvalue weighted by molar-refractivity contribution is 5.94. The van der Waals surface area contributed by atoms with Gasteiger partial charge in [-0.15, -0.1) is 0 Å². The quantitative estimate of drug-likeness (QED) is 0.854. The Kier molecular flexibility index (Phi) is 4.17. The van der Waals surface area contributed by atoms with E-state index in [0.29, 0.717) is 17.7 Å². The minimum Gasteiger partial charge on any atom is -0.337 e. The molecule has 0 aliphatic heterocycles. The van der Waals surface area contributed by atoms with Crippen LogP contribution in [0.2, 0.25) is 0 Å². The van der Waals surface area contributed by atoms with Crippen LogP contribution in [0.25, 0.3) is 0 Å². The van der Waals surface area contributed by atoms with Gasteiger partial charge in [0.15, 0.2) is 0 Å². The first-order valence-electron chi connectivity index (χ1n) is 6.42. The summed E-state index contributed by atoms with van der Waals surface area (Å²) in [4.78, 5) is 14.0. The van der Waals surface area contributed by atoms with Gasteiger partial charge in [0.2, 0.25) is 0 Å². The largest absolute Gasteiger partial charge is 0.337 e. The Morgan fingerprint density at radius 3 is 2.40 bits per heavy atom. The van der Waals surface area contributed by atoms with E-state index in [1.807, 2.05) is 37.3 Å². The van der Waals surface area contributed by atoms with Crippen molar-refractivity contribution in [2.45, 2.75) is 13.5 Å². The third-order valence-corrected chi connectivity index (χ3v) is 3.28. The molecule has 2 rings (SSSR count). The van der Waals surface area contributed by atoms with Crippen LogP contribution in [0.15, 0.2) is 48.5 Å². The van der Waals surface area contributed by atoms with E-state index in [1.165, 1.54) is 5.56 Å². The SMILES string of the molecule is Cc1ccccc1CN(C)C(=O)c1ccc(C#N)cc1. The fourth-order valence-corrected chi connectivity index (χ4v) is 2.02. The Bertz CT molecular complexity index is 653. The molecule has 0 aliphatic rings. The fourth-order valence-electron chi connectivity index (χ4n) is 2.02. The van der Waals surface area contributed by atoms with Crippen molar-refractivity contribution in [3.8, 4) is 6.07 Å². The van der Waals surface area contributed by atoms with E-state index < -0.39 is 0 Å². The summed E-state index contributed by atoms with van der Waals surface area (Å²) >= 11 is 0. The summed E-state index contributed by atoms with van der Waals surface area (Å²) in [6.45, 7) is 2.61. The van der Waals surface area contributed by atoms with Crippen molar-refractivity contribution in [2.24, 2.45) is 0 Å². The topological polar surface area (TPSA) is 44.1 Å². The van der Waals surface area contributed by atoms with Gasteiger partial charge in [-0.2, -0.15) is 5.26 Å². The van der Waals surface area contributed by atoms with Gasteiger partial charge in [0, 0.05) is 19.2 Å². The molecule has 0 saturated heterocycles. The van der Waals surface area contributed by atoms with Crippen molar-refractivity contribution in [3.05, 3.63) is 70.8 Å². The first-order valence-corrected chi connectivity index (χ1v) is 6.42. The molecule has 1 amide bonds. The summed E-state index contributed by atoms with van der Waals surface area (Å²) in [5.74, 6) is -0.0438. The van der Waals surface area contributed by atoms with Gasteiger partial charge in [0.1, 0.15) is 0 Å². The number of benzene rings is 2. The molecule has 0 aliphatic carbocycles. The van der Waals surface area contributed by atoms with Gasteiger partial charge in [-0.1, -0.05) is 24.3 Å². The van der Waals surface area contributed by atoms with Gasteiger partial charge in [0.05, 0.1) is 11.6 Å². The lowest BCUT2D eigenvalue weighted by molar-refractivity contribution is 0.0785. The maximum absolute atomic E-state index is 12.3. The Morgan fingerprint density at radius 2 is 1.80 bits per heavy atom. The van der Waals surface area contributed by atoms with Crippen LogP contribution in [0.5, 0.6) is 0 Å². The van der Waals surface area contributed by atoms with Crippen LogP contribution < -0.4 is 0 Å². The second-order valence-electron chi connectivity index (χ2n) is 4.78. The molecule has 100 valence electrons. The molecular formula is C17H16N2O. The Morgan fingerprint density at radius 1 is 1.15 bits per heavy atom. The molecule has 0 aromatic heterocycles. The van der Waals surface area contributed by atoms with Gasteiger partial charge >= 0.3 is 0 Å². The minimum absolute atomic E-state index is 0.0438. The van der Waals surface area contributed by atoms with E-state index >= 15 is 0 Å². The number of hydrogen-bond donors (Lipinski definition) is 0. The van der Waals surface area contributed by atoms with E-state index in [9.17, 15) is 4.79 Å². The zero-order valence-electron chi connectivity index (χ0n) is 11.6. The minimum atomic E-state index is -0.0438. The standard InChI is InChI=1S/C17H16N2O/c1-13-5-3-4-6-16(13)12-19(2)17(20)15-9-7-14(11-18)8-10-15/h3-10H,12H2,1-2H3. The molecule has 0 atom stereocenters. The van der Waals surface area contributed by atoms with E-state index in [4.69, 9.17) is 5.26 Å². The van der Waals surface area contributed by atoms with Crippen LogP contribution in [0.1, 0.15) is 27.0 Å². The van der Waals surface area contributed by atoms with Gasteiger partial charge in [0.25, 0.3) is 5.91 Å². The number of nitriles is 1. The normalized spacial score (nSPS) is 9.85. The Balaban J connectivity index is 2.12. The number of amides is 1. The first-order chi connectivity index (χ1) is 9.61. The lowest BCUT2D eigenvalue weighted by Gasteiger charge is -2.18. The Hall–Kier alpha value is -2.60. The molecule has 0 unspecified atom stereocenters. The average molecular weight is 264 g/mol. The number of carbonyl (C=O) groups is 1. The second kappa shape index (κ2) is 6.03. The summed E-state index contributed by atoms with van der Waals surface area (Å²) in [6, 6.07) is 16.8. The summed E-state index contributed by atoms with van der Waals surface area (Å²) < 4.78 is 0. The molecule has 0 radical (unpaired) electrons. The van der Waals surface area contributed by atoms with Crippen molar-refractivity contribution in [2.75, 3.05) is 7.05 Å². The molecule has 3 nitrogen and oxygen atoms in total. The number of carbonyl (C=O) groups excluding carboxylic acids is 1. The second-order valence-corrected chi connectivity index (χ2v) is 4.78. The first kappa shape index (κ1) is 13.8. The van der Waals surface area contributed by atoms with Crippen molar-refractivity contribution < 1.29 is 4.79 Å². The van der Waals surface area contributed by atoms with Crippen LogP contribution in [0.3, 0.4) is 0 Å². The molecule has 0 heterocycles. The monoisotopic (exact) mass is 264 g/mol. The summed E-state index contributed by atoms with van der Waals surface area (Å²) in [5, 5.41) is 8.76. The van der Waals surface area contributed by atoms with Crippen LogP contribution >= 0.6 is 0 Å². The van der Waals surface area contributed by atoms with E-state index in [2.05, 4.69) is 0 Å². The molecule has 0 N–H and O–H groups in total. The average Bonchev–Trinajstić information content (AvgIpc) is 2.49. The van der Waals surface area contributed by atoms with Crippen molar-refractivity contribution in [1.29, 1.82) is 5.26 Å². The number of hydrogen-bond acceptors (Lipinski definition) is 2. The summed E-state index contributed by atoms with van der Waals surface area (Å²) in [7, 11) is 1.78. The zero-order valence-corrected chi connectivity index (χ0v) is 11.6. The van der Waals surface area contributed by atoms with Crippen molar-refractivity contribution >= 4 is 5.91 Å². The smallest absolute Gasteiger partial charge is 0.253 e. The lowest BCUT2D eigenvalue weighted by atomic mass is 10.1.